The average Bonchev–Trinajstić information content (AvgIpc) is 2.39. The van der Waals surface area contributed by atoms with E-state index in [0.717, 1.165) is 16.7 Å². The lowest BCUT2D eigenvalue weighted by molar-refractivity contribution is -0.131. The molecular formula is C17H16O2. The third-order valence-corrected chi connectivity index (χ3v) is 2.86. The van der Waals surface area contributed by atoms with Crippen LogP contribution in [0.25, 0.3) is 5.57 Å². The number of esters is 1. The molecule has 0 fully saturated rings. The van der Waals surface area contributed by atoms with Crippen LogP contribution >= 0.6 is 0 Å². The number of hydrogen-bond acceptors (Lipinski definition) is 2. The quantitative estimate of drug-likeness (QED) is 0.610. The highest BCUT2D eigenvalue weighted by molar-refractivity contribution is 5.78. The van der Waals surface area contributed by atoms with Crippen LogP contribution in [0.15, 0.2) is 55.1 Å². The van der Waals surface area contributed by atoms with E-state index in [1.807, 2.05) is 12.1 Å². The van der Waals surface area contributed by atoms with Crippen molar-refractivity contribution in [1.82, 2.24) is 0 Å². The van der Waals surface area contributed by atoms with E-state index in [1.165, 1.54) is 12.5 Å². The van der Waals surface area contributed by atoms with Crippen LogP contribution in [0.4, 0.5) is 0 Å². The summed E-state index contributed by atoms with van der Waals surface area (Å²) in [6, 6.07) is 15.6. The highest BCUT2D eigenvalue weighted by Gasteiger charge is 2.03. The van der Waals surface area contributed by atoms with Crippen LogP contribution in [0.2, 0.25) is 0 Å². The molecule has 96 valence electrons. The second-order valence-corrected chi connectivity index (χ2v) is 4.46. The fourth-order valence-electron chi connectivity index (χ4n) is 1.81. The largest absolute Gasteiger partial charge is 0.427 e. The number of carbonyl (C=O) groups excluding carboxylic acids is 1. The van der Waals surface area contributed by atoms with Crippen LogP contribution in [0, 0.1) is 6.92 Å². The van der Waals surface area contributed by atoms with Crippen LogP contribution in [-0.4, -0.2) is 5.97 Å². The van der Waals surface area contributed by atoms with E-state index in [2.05, 4.69) is 37.8 Å². The van der Waals surface area contributed by atoms with Gasteiger partial charge in [0.25, 0.3) is 0 Å². The standard InChI is InChI=1S/C17H16O2/c1-12-4-6-15(7-5-12)13(2)16-8-10-17(11-9-16)19-14(3)18/h4-11H,2H2,1,3H3. The highest BCUT2D eigenvalue weighted by Crippen LogP contribution is 2.23. The molecule has 0 unspecified atom stereocenters. The summed E-state index contributed by atoms with van der Waals surface area (Å²) in [6.45, 7) is 7.55. The molecule has 0 heterocycles. The molecule has 0 atom stereocenters. The lowest BCUT2D eigenvalue weighted by Gasteiger charge is -2.08. The molecule has 0 amide bonds. The van der Waals surface area contributed by atoms with Gasteiger partial charge in [0.1, 0.15) is 5.75 Å². The molecule has 2 rings (SSSR count). The first-order valence-electron chi connectivity index (χ1n) is 6.11. The maximum Gasteiger partial charge on any atom is 0.308 e. The number of carbonyl (C=O) groups is 1. The van der Waals surface area contributed by atoms with Gasteiger partial charge in [-0.3, -0.25) is 4.79 Å². The van der Waals surface area contributed by atoms with Crippen molar-refractivity contribution < 1.29 is 9.53 Å². The smallest absolute Gasteiger partial charge is 0.308 e. The summed E-state index contributed by atoms with van der Waals surface area (Å²) in [5.74, 6) is 0.234. The van der Waals surface area contributed by atoms with E-state index in [0.29, 0.717) is 5.75 Å². The molecule has 0 N–H and O–H groups in total. The number of rotatable bonds is 3. The van der Waals surface area contributed by atoms with Crippen LogP contribution in [0.1, 0.15) is 23.6 Å². The molecule has 19 heavy (non-hydrogen) atoms. The molecular weight excluding hydrogens is 236 g/mol. The molecule has 2 heteroatoms. The molecule has 0 saturated heterocycles. The van der Waals surface area contributed by atoms with Gasteiger partial charge < -0.3 is 4.74 Å². The maximum atomic E-state index is 10.8. The van der Waals surface area contributed by atoms with Gasteiger partial charge in [-0.25, -0.2) is 0 Å². The molecule has 0 bridgehead atoms. The third kappa shape index (κ3) is 3.32. The Bertz CT molecular complexity index is 592. The van der Waals surface area contributed by atoms with Gasteiger partial charge in [0, 0.05) is 6.92 Å². The lowest BCUT2D eigenvalue weighted by atomic mass is 9.99. The molecule has 2 aromatic carbocycles. The second-order valence-electron chi connectivity index (χ2n) is 4.46. The summed E-state index contributed by atoms with van der Waals surface area (Å²) >= 11 is 0. The summed E-state index contributed by atoms with van der Waals surface area (Å²) in [6.07, 6.45) is 0. The van der Waals surface area contributed by atoms with Crippen molar-refractivity contribution in [1.29, 1.82) is 0 Å². The van der Waals surface area contributed by atoms with Crippen molar-refractivity contribution >= 4 is 11.5 Å². The van der Waals surface area contributed by atoms with Gasteiger partial charge in [0.2, 0.25) is 0 Å². The number of ether oxygens (including phenoxy) is 1. The van der Waals surface area contributed by atoms with Crippen molar-refractivity contribution in [3.63, 3.8) is 0 Å². The minimum atomic E-state index is -0.315. The molecule has 0 saturated carbocycles. The average molecular weight is 252 g/mol. The van der Waals surface area contributed by atoms with Gasteiger partial charge in [-0.05, 0) is 35.8 Å². The van der Waals surface area contributed by atoms with Gasteiger partial charge in [0.15, 0.2) is 0 Å². The highest BCUT2D eigenvalue weighted by atomic mass is 16.5. The summed E-state index contributed by atoms with van der Waals surface area (Å²) < 4.78 is 5.00. The Morgan fingerprint density at radius 2 is 1.42 bits per heavy atom. The van der Waals surface area contributed by atoms with Crippen LogP contribution in [-0.2, 0) is 4.79 Å². The number of benzene rings is 2. The van der Waals surface area contributed by atoms with Crippen molar-refractivity contribution in [3.8, 4) is 5.75 Å². The Morgan fingerprint density at radius 1 is 0.947 bits per heavy atom. The summed E-state index contributed by atoms with van der Waals surface area (Å²) in [7, 11) is 0. The molecule has 0 aromatic heterocycles. The molecule has 0 spiro atoms. The fourth-order valence-corrected chi connectivity index (χ4v) is 1.81. The Balaban J connectivity index is 2.20. The molecule has 0 aliphatic rings. The first-order chi connectivity index (χ1) is 9.06. The van der Waals surface area contributed by atoms with Crippen LogP contribution in [0.5, 0.6) is 5.75 Å². The van der Waals surface area contributed by atoms with E-state index in [1.54, 1.807) is 12.1 Å². The Morgan fingerprint density at radius 3 is 1.89 bits per heavy atom. The summed E-state index contributed by atoms with van der Waals surface area (Å²) in [5.41, 5.74) is 4.28. The zero-order valence-corrected chi connectivity index (χ0v) is 11.1. The van der Waals surface area contributed by atoms with Gasteiger partial charge in [-0.2, -0.15) is 0 Å². The van der Waals surface area contributed by atoms with Crippen molar-refractivity contribution in [3.05, 3.63) is 71.8 Å². The van der Waals surface area contributed by atoms with Gasteiger partial charge in [-0.1, -0.05) is 48.5 Å². The van der Waals surface area contributed by atoms with Crippen LogP contribution < -0.4 is 4.74 Å². The zero-order valence-electron chi connectivity index (χ0n) is 11.1. The molecule has 0 aliphatic carbocycles. The Kier molecular flexibility index (Phi) is 3.81. The monoisotopic (exact) mass is 252 g/mol. The zero-order chi connectivity index (χ0) is 13.8. The van der Waals surface area contributed by atoms with Crippen LogP contribution in [0.3, 0.4) is 0 Å². The van der Waals surface area contributed by atoms with E-state index in [4.69, 9.17) is 4.74 Å². The number of aryl methyl sites for hydroxylation is 1. The molecule has 0 radical (unpaired) electrons. The SMILES string of the molecule is C=C(c1ccc(C)cc1)c1ccc(OC(C)=O)cc1. The predicted molar refractivity (Wildman–Crippen MR) is 77.1 cm³/mol. The molecule has 0 aliphatic heterocycles. The Labute approximate surface area is 113 Å². The Hall–Kier alpha value is -2.35. The minimum Gasteiger partial charge on any atom is -0.427 e. The normalized spacial score (nSPS) is 10.0. The summed E-state index contributed by atoms with van der Waals surface area (Å²) in [4.78, 5) is 10.8. The maximum absolute atomic E-state index is 10.8. The van der Waals surface area contributed by atoms with Crippen molar-refractivity contribution in [2.45, 2.75) is 13.8 Å². The van der Waals surface area contributed by atoms with E-state index >= 15 is 0 Å². The van der Waals surface area contributed by atoms with Gasteiger partial charge >= 0.3 is 5.97 Å². The minimum absolute atomic E-state index is 0.315. The predicted octanol–water partition coefficient (Wildman–Crippen LogP) is 3.98. The molecule has 2 aromatic rings. The van der Waals surface area contributed by atoms with E-state index < -0.39 is 0 Å². The third-order valence-electron chi connectivity index (χ3n) is 2.86. The topological polar surface area (TPSA) is 26.3 Å². The van der Waals surface area contributed by atoms with Crippen molar-refractivity contribution in [2.75, 3.05) is 0 Å². The lowest BCUT2D eigenvalue weighted by Crippen LogP contribution is -2.01. The van der Waals surface area contributed by atoms with Gasteiger partial charge in [0.05, 0.1) is 0 Å². The van der Waals surface area contributed by atoms with E-state index in [-0.39, 0.29) is 5.97 Å². The van der Waals surface area contributed by atoms with E-state index in [9.17, 15) is 4.79 Å². The van der Waals surface area contributed by atoms with Gasteiger partial charge in [-0.15, -0.1) is 0 Å². The first kappa shape index (κ1) is 13.1. The number of hydrogen-bond donors (Lipinski definition) is 0. The first-order valence-corrected chi connectivity index (χ1v) is 6.11. The second kappa shape index (κ2) is 5.53. The summed E-state index contributed by atoms with van der Waals surface area (Å²) in [5, 5.41) is 0. The fraction of sp³-hybridized carbons (Fsp3) is 0.118. The molecule has 2 nitrogen and oxygen atoms in total. The van der Waals surface area contributed by atoms with Crippen molar-refractivity contribution in [2.24, 2.45) is 0 Å².